The van der Waals surface area contributed by atoms with Crippen LogP contribution in [-0.2, 0) is 19.0 Å². The lowest BCUT2D eigenvalue weighted by molar-refractivity contribution is -0.146. The Morgan fingerprint density at radius 3 is 2.62 bits per heavy atom. The number of hydrogen-bond donors (Lipinski definition) is 0. The van der Waals surface area contributed by atoms with Crippen molar-refractivity contribution >= 4 is 5.97 Å². The number of methoxy groups -OCH3 is 1. The van der Waals surface area contributed by atoms with Crippen LogP contribution < -0.4 is 0 Å². The van der Waals surface area contributed by atoms with Crippen molar-refractivity contribution in [2.75, 3.05) is 20.5 Å². The third-order valence-electron chi connectivity index (χ3n) is 2.59. The van der Waals surface area contributed by atoms with Gasteiger partial charge in [0.2, 0.25) is 0 Å². The summed E-state index contributed by atoms with van der Waals surface area (Å²) in [6.07, 6.45) is 5.54. The van der Waals surface area contributed by atoms with E-state index in [2.05, 4.69) is 6.58 Å². The fourth-order valence-corrected chi connectivity index (χ4v) is 1.72. The minimum Gasteiger partial charge on any atom is -0.459 e. The van der Waals surface area contributed by atoms with Crippen LogP contribution in [0, 0.1) is 0 Å². The Kier molecular flexibility index (Phi) is 6.11. The molecule has 0 N–H and O–H groups in total. The molecule has 1 fully saturated rings. The van der Waals surface area contributed by atoms with Crippen molar-refractivity contribution in [3.05, 3.63) is 12.2 Å². The van der Waals surface area contributed by atoms with Crippen molar-refractivity contribution in [2.24, 2.45) is 0 Å². The van der Waals surface area contributed by atoms with Gasteiger partial charge in [0.1, 0.15) is 12.9 Å². The Balaban J connectivity index is 2.19. The van der Waals surface area contributed by atoms with Crippen LogP contribution in [0.1, 0.15) is 32.1 Å². The quantitative estimate of drug-likeness (QED) is 0.302. The molecule has 0 aromatic carbocycles. The molecule has 0 radical (unpaired) electrons. The summed E-state index contributed by atoms with van der Waals surface area (Å²) < 4.78 is 15.1. The van der Waals surface area contributed by atoms with Crippen LogP contribution >= 0.6 is 0 Å². The first-order valence-corrected chi connectivity index (χ1v) is 5.69. The molecule has 0 heterocycles. The van der Waals surface area contributed by atoms with E-state index >= 15 is 0 Å². The lowest BCUT2D eigenvalue weighted by atomic mass is 9.98. The molecule has 0 aliphatic heterocycles. The van der Waals surface area contributed by atoms with Crippen LogP contribution in [0.3, 0.4) is 0 Å². The molecule has 1 aliphatic rings. The molecule has 4 nitrogen and oxygen atoms in total. The Morgan fingerprint density at radius 1 is 1.31 bits per heavy atom. The number of ether oxygens (including phenoxy) is 3. The van der Waals surface area contributed by atoms with Gasteiger partial charge in [0, 0.05) is 7.11 Å². The first kappa shape index (κ1) is 13.2. The van der Waals surface area contributed by atoms with Crippen LogP contribution in [0.4, 0.5) is 0 Å². The summed E-state index contributed by atoms with van der Waals surface area (Å²) in [5, 5.41) is 0. The predicted octanol–water partition coefficient (Wildman–Crippen LogP) is 2.04. The van der Waals surface area contributed by atoms with Gasteiger partial charge >= 0.3 is 5.97 Å². The highest BCUT2D eigenvalue weighted by Crippen LogP contribution is 2.21. The van der Waals surface area contributed by atoms with Gasteiger partial charge < -0.3 is 14.2 Å². The molecule has 0 saturated heterocycles. The van der Waals surface area contributed by atoms with E-state index in [4.69, 9.17) is 14.2 Å². The van der Waals surface area contributed by atoms with Gasteiger partial charge in [-0.05, 0) is 25.7 Å². The Morgan fingerprint density at radius 2 is 2.00 bits per heavy atom. The smallest absolute Gasteiger partial charge is 0.336 e. The zero-order valence-corrected chi connectivity index (χ0v) is 9.87. The van der Waals surface area contributed by atoms with Gasteiger partial charge in [0.05, 0.1) is 12.2 Å². The molecule has 0 aromatic heterocycles. The van der Waals surface area contributed by atoms with Gasteiger partial charge in [0.15, 0.2) is 0 Å². The van der Waals surface area contributed by atoms with Crippen molar-refractivity contribution in [1.29, 1.82) is 0 Å². The molecule has 0 bridgehead atoms. The molecule has 0 aromatic rings. The predicted molar refractivity (Wildman–Crippen MR) is 59.9 cm³/mol. The molecular formula is C12H20O4. The van der Waals surface area contributed by atoms with E-state index in [1.165, 1.54) is 13.5 Å². The maximum atomic E-state index is 11.6. The molecule has 4 heteroatoms. The number of rotatable bonds is 6. The van der Waals surface area contributed by atoms with Gasteiger partial charge in [-0.2, -0.15) is 0 Å². The Bertz CT molecular complexity index is 231. The Hall–Kier alpha value is -0.870. The number of carbonyl (C=O) groups is 1. The highest BCUT2D eigenvalue weighted by molar-refractivity contribution is 5.88. The van der Waals surface area contributed by atoms with Gasteiger partial charge in [-0.25, -0.2) is 4.79 Å². The summed E-state index contributed by atoms with van der Waals surface area (Å²) >= 11 is 0. The van der Waals surface area contributed by atoms with Crippen LogP contribution in [-0.4, -0.2) is 32.6 Å². The van der Waals surface area contributed by atoms with Crippen LogP contribution in [0.15, 0.2) is 12.2 Å². The fourth-order valence-electron chi connectivity index (χ4n) is 1.72. The normalized spacial score (nSPS) is 17.1. The number of carbonyl (C=O) groups excluding carboxylic acids is 1. The van der Waals surface area contributed by atoms with Crippen molar-refractivity contribution in [1.82, 2.24) is 0 Å². The average molecular weight is 228 g/mol. The fraction of sp³-hybridized carbons (Fsp3) is 0.750. The number of esters is 1. The van der Waals surface area contributed by atoms with E-state index in [1.54, 1.807) is 0 Å². The van der Waals surface area contributed by atoms with Crippen LogP contribution in [0.5, 0.6) is 0 Å². The van der Waals surface area contributed by atoms with Crippen molar-refractivity contribution < 1.29 is 19.0 Å². The van der Waals surface area contributed by atoms with Crippen molar-refractivity contribution in [2.45, 2.75) is 38.2 Å². The zero-order chi connectivity index (χ0) is 11.8. The molecule has 0 amide bonds. The maximum Gasteiger partial charge on any atom is 0.336 e. The minimum atomic E-state index is -0.344. The van der Waals surface area contributed by atoms with Gasteiger partial charge in [0.25, 0.3) is 0 Å². The molecular weight excluding hydrogens is 208 g/mol. The van der Waals surface area contributed by atoms with E-state index < -0.39 is 0 Å². The minimum absolute atomic E-state index is 0.0698. The molecule has 0 spiro atoms. The summed E-state index contributed by atoms with van der Waals surface area (Å²) in [6, 6.07) is 0. The maximum absolute atomic E-state index is 11.6. The summed E-state index contributed by atoms with van der Waals surface area (Å²) in [5.41, 5.74) is 0.350. The molecule has 92 valence electrons. The topological polar surface area (TPSA) is 44.8 Å². The SMILES string of the molecule is C=C(COCOC)C(=O)OC1CCCCC1. The second-order valence-corrected chi connectivity index (χ2v) is 4.02. The third-order valence-corrected chi connectivity index (χ3v) is 2.59. The van der Waals surface area contributed by atoms with E-state index in [-0.39, 0.29) is 25.5 Å². The van der Waals surface area contributed by atoms with Gasteiger partial charge in [-0.1, -0.05) is 13.0 Å². The van der Waals surface area contributed by atoms with Gasteiger partial charge in [-0.3, -0.25) is 0 Å². The molecule has 1 saturated carbocycles. The molecule has 1 aliphatic carbocycles. The zero-order valence-electron chi connectivity index (χ0n) is 9.87. The van der Waals surface area contributed by atoms with E-state index in [0.717, 1.165) is 25.7 Å². The molecule has 0 atom stereocenters. The van der Waals surface area contributed by atoms with Gasteiger partial charge in [-0.15, -0.1) is 0 Å². The second-order valence-electron chi connectivity index (χ2n) is 4.02. The molecule has 16 heavy (non-hydrogen) atoms. The van der Waals surface area contributed by atoms with Crippen molar-refractivity contribution in [3.63, 3.8) is 0 Å². The van der Waals surface area contributed by atoms with E-state index in [1.807, 2.05) is 0 Å². The summed E-state index contributed by atoms with van der Waals surface area (Å²) in [5.74, 6) is -0.344. The molecule has 1 rings (SSSR count). The van der Waals surface area contributed by atoms with E-state index in [0.29, 0.717) is 5.57 Å². The Labute approximate surface area is 96.6 Å². The summed E-state index contributed by atoms with van der Waals surface area (Å²) in [4.78, 5) is 11.6. The third kappa shape index (κ3) is 4.77. The average Bonchev–Trinajstić information content (AvgIpc) is 2.30. The number of hydrogen-bond acceptors (Lipinski definition) is 4. The lowest BCUT2D eigenvalue weighted by Gasteiger charge is -2.22. The highest BCUT2D eigenvalue weighted by atomic mass is 16.7. The largest absolute Gasteiger partial charge is 0.459 e. The second kappa shape index (κ2) is 7.41. The van der Waals surface area contributed by atoms with Crippen LogP contribution in [0.2, 0.25) is 0 Å². The highest BCUT2D eigenvalue weighted by Gasteiger charge is 2.19. The standard InChI is InChI=1S/C12H20O4/c1-10(8-15-9-14-2)12(13)16-11-6-4-3-5-7-11/h11H,1,3-9H2,2H3. The first-order chi connectivity index (χ1) is 7.74. The monoisotopic (exact) mass is 228 g/mol. The van der Waals surface area contributed by atoms with Crippen molar-refractivity contribution in [3.8, 4) is 0 Å². The first-order valence-electron chi connectivity index (χ1n) is 5.69. The summed E-state index contributed by atoms with van der Waals surface area (Å²) in [7, 11) is 1.53. The van der Waals surface area contributed by atoms with Crippen LogP contribution in [0.25, 0.3) is 0 Å². The summed E-state index contributed by atoms with van der Waals surface area (Å²) in [6.45, 7) is 3.97. The van der Waals surface area contributed by atoms with E-state index in [9.17, 15) is 4.79 Å². The molecule has 0 unspecified atom stereocenters. The lowest BCUT2D eigenvalue weighted by Crippen LogP contribution is -2.23.